The van der Waals surface area contributed by atoms with Crippen LogP contribution in [0.25, 0.3) is 21.8 Å². The summed E-state index contributed by atoms with van der Waals surface area (Å²) in [5.41, 5.74) is 27.2. The first-order valence-electron chi connectivity index (χ1n) is 45.0. The summed E-state index contributed by atoms with van der Waals surface area (Å²) in [4.78, 5) is 257. The smallest absolute Gasteiger partial charge is 0.323 e. The second-order valence-electron chi connectivity index (χ2n) is 34.7. The van der Waals surface area contributed by atoms with Gasteiger partial charge in [-0.15, -0.1) is 0 Å². The van der Waals surface area contributed by atoms with Gasteiger partial charge in [0, 0.05) is 118 Å². The van der Waals surface area contributed by atoms with Crippen molar-refractivity contribution in [2.75, 3.05) is 53.4 Å². The van der Waals surface area contributed by atoms with Crippen molar-refractivity contribution in [1.29, 1.82) is 0 Å². The van der Waals surface area contributed by atoms with Gasteiger partial charge in [-0.25, -0.2) is 0 Å². The number of H-pyrrole nitrogens is 1. The van der Waals surface area contributed by atoms with Gasteiger partial charge in [0.15, 0.2) is 0 Å². The molecule has 0 unspecified atom stereocenters. The number of aromatic amines is 1. The van der Waals surface area contributed by atoms with Crippen LogP contribution < -0.4 is 70.8 Å². The maximum absolute atomic E-state index is 15.9. The number of carbonyl (C=O) groups is 17. The number of hydrogen-bond acceptors (Lipinski definition) is 21. The maximum atomic E-state index is 15.9. The number of aliphatic hydroxyl groups excluding tert-OH is 1. The monoisotopic (exact) mass is 1840 g/mol. The van der Waals surface area contributed by atoms with Gasteiger partial charge in [-0.05, 0) is 130 Å². The van der Waals surface area contributed by atoms with Crippen LogP contribution in [0.1, 0.15) is 166 Å². The molecular weight excluding hydrogens is 1720 g/mol. The van der Waals surface area contributed by atoms with Gasteiger partial charge in [0.2, 0.25) is 88.6 Å². The molecule has 9 rings (SSSR count). The van der Waals surface area contributed by atoms with Gasteiger partial charge in [-0.3, -0.25) is 81.5 Å². The number of unbranched alkanes of at least 4 members (excludes halogenated alkanes) is 2. The lowest BCUT2D eigenvalue weighted by atomic mass is 9.97. The highest BCUT2D eigenvalue weighted by Gasteiger charge is 2.47. The molecule has 41 heteroatoms. The number of hydrogen-bond donors (Lipinski definition) is 17. The topological polar surface area (TPSA) is 600 Å². The number of likely N-dealkylation sites (N-methyl/N-ethyl adjacent to an activating group) is 2. The number of fused-ring (bicyclic) bond motifs is 5. The highest BCUT2D eigenvalue weighted by molar-refractivity contribution is 6.30. The van der Waals surface area contributed by atoms with Crippen molar-refractivity contribution in [2.24, 2.45) is 28.9 Å². The minimum atomic E-state index is -1.83. The summed E-state index contributed by atoms with van der Waals surface area (Å²) in [5, 5.41) is 57.3. The normalized spacial score (nSPS) is 25.8. The molecule has 0 spiro atoms. The van der Waals surface area contributed by atoms with Gasteiger partial charge < -0.3 is 120 Å². The van der Waals surface area contributed by atoms with Crippen molar-refractivity contribution < 1.29 is 96.8 Å². The molecule has 4 fully saturated rings. The van der Waals surface area contributed by atoms with Crippen molar-refractivity contribution in [1.82, 2.24) is 81.9 Å². The van der Waals surface area contributed by atoms with Gasteiger partial charge in [-0.2, -0.15) is 0 Å². The molecule has 0 bridgehead atoms. The molecule has 4 aliphatic rings. The summed E-state index contributed by atoms with van der Waals surface area (Å²) in [6.07, 6.45) is 0.969. The van der Waals surface area contributed by atoms with Crippen LogP contribution >= 0.6 is 11.6 Å². The van der Waals surface area contributed by atoms with E-state index in [-0.39, 0.29) is 109 Å². The number of rotatable bonds is 24. The lowest BCUT2D eigenvalue weighted by Gasteiger charge is -2.38. The number of primary amides is 1. The van der Waals surface area contributed by atoms with Crippen molar-refractivity contribution in [3.05, 3.63) is 107 Å². The second kappa shape index (κ2) is 48.7. The number of aromatic nitrogens is 2. The van der Waals surface area contributed by atoms with E-state index in [4.69, 9.17) is 34.5 Å². The molecule has 15 amide bonds. The Morgan fingerprint density at radius 2 is 1.05 bits per heavy atom. The average molecular weight is 1840 g/mol. The summed E-state index contributed by atoms with van der Waals surface area (Å²) >= 11 is 6.27. The van der Waals surface area contributed by atoms with E-state index in [9.17, 15) is 58.5 Å². The molecule has 3 aromatic carbocycles. The number of para-hydroxylation sites is 2. The molecule has 0 saturated carbocycles. The van der Waals surface area contributed by atoms with Crippen LogP contribution in [0.5, 0.6) is 0 Å². The summed E-state index contributed by atoms with van der Waals surface area (Å²) in [6.45, 7) is 5.18. The Hall–Kier alpha value is -12.1. The number of nitrogens with one attached hydrogen (secondary N) is 10. The molecule has 0 aliphatic carbocycles. The summed E-state index contributed by atoms with van der Waals surface area (Å²) < 4.78 is 1.45. The van der Waals surface area contributed by atoms with E-state index in [0.29, 0.717) is 82.0 Å². The van der Waals surface area contributed by atoms with E-state index in [1.807, 2.05) is 27.7 Å². The summed E-state index contributed by atoms with van der Waals surface area (Å²) in [6, 6.07) is -0.880. The Kier molecular flexibility index (Phi) is 38.1. The zero-order valence-electron chi connectivity index (χ0n) is 75.0. The first-order valence-corrected chi connectivity index (χ1v) is 45.4. The predicted octanol–water partition coefficient (Wildman–Crippen LogP) is -0.534. The van der Waals surface area contributed by atoms with Crippen molar-refractivity contribution in [2.45, 2.75) is 266 Å². The fourth-order valence-corrected chi connectivity index (χ4v) is 17.6. The first-order chi connectivity index (χ1) is 62.4. The van der Waals surface area contributed by atoms with E-state index < -0.39 is 237 Å². The molecule has 40 nitrogen and oxygen atoms in total. The number of halogens is 1. The molecule has 0 radical (unpaired) electrons. The molecular formula is C90H127ClN20O20. The average Bonchev–Trinajstić information content (AvgIpc) is 1.66. The van der Waals surface area contributed by atoms with E-state index in [2.05, 4.69) is 52.8 Å². The van der Waals surface area contributed by atoms with Crippen LogP contribution in [0.4, 0.5) is 0 Å². The van der Waals surface area contributed by atoms with E-state index in [1.165, 1.54) is 39.6 Å². The number of carbonyl (C=O) groups excluding carboxylic acids is 15. The Bertz CT molecular complexity index is 4930. The Balaban J connectivity index is 1.09. The highest BCUT2D eigenvalue weighted by atomic mass is 35.5. The van der Waals surface area contributed by atoms with Crippen LogP contribution in [0.15, 0.2) is 85.2 Å². The predicted molar refractivity (Wildman–Crippen MR) is 481 cm³/mol. The number of nitrogens with two attached hydrogens (primary N) is 4. The van der Waals surface area contributed by atoms with Crippen LogP contribution in [-0.4, -0.2) is 294 Å². The molecule has 15 atom stereocenters. The highest BCUT2D eigenvalue weighted by Crippen LogP contribution is 2.30. The number of carboxylic acids is 2. The number of carboxylic acid groups (broad SMARTS) is 2. The largest absolute Gasteiger partial charge is 0.481 e. The number of nitrogens with zero attached hydrogens (tertiary/aromatic N) is 6. The molecule has 4 aliphatic heterocycles. The van der Waals surface area contributed by atoms with Gasteiger partial charge in [0.25, 0.3) is 0 Å². The fourth-order valence-electron chi connectivity index (χ4n) is 17.5. The summed E-state index contributed by atoms with van der Waals surface area (Å²) in [7, 11) is 2.78. The third-order valence-electron chi connectivity index (χ3n) is 24.5. The van der Waals surface area contributed by atoms with Gasteiger partial charge in [0.05, 0.1) is 18.6 Å². The van der Waals surface area contributed by atoms with Gasteiger partial charge in [0.1, 0.15) is 85.1 Å². The maximum Gasteiger partial charge on any atom is 0.323 e. The Morgan fingerprint density at radius 1 is 0.511 bits per heavy atom. The lowest BCUT2D eigenvalue weighted by molar-refractivity contribution is -0.149. The third kappa shape index (κ3) is 27.7. The number of aliphatic hydroxyl groups is 1. The quantitative estimate of drug-likeness (QED) is 0.0369. The van der Waals surface area contributed by atoms with Crippen LogP contribution in [0, 0.1) is 5.92 Å². The fraction of sp³-hybridized carbons (Fsp3) is 0.567. The van der Waals surface area contributed by atoms with E-state index >= 15 is 38.4 Å². The molecule has 4 saturated heterocycles. The van der Waals surface area contributed by atoms with E-state index in [0.717, 1.165) is 9.80 Å². The van der Waals surface area contributed by atoms with Crippen molar-refractivity contribution >= 4 is 134 Å². The molecule has 5 aromatic rings. The molecule has 6 heterocycles. The minimum absolute atomic E-state index is 0.0142. The molecule has 714 valence electrons. The van der Waals surface area contributed by atoms with Gasteiger partial charge >= 0.3 is 11.9 Å². The lowest BCUT2D eigenvalue weighted by Crippen LogP contribution is -2.62. The number of piperidine rings is 1. The third-order valence-corrected chi connectivity index (χ3v) is 24.7. The number of aliphatic carboxylic acids is 2. The van der Waals surface area contributed by atoms with Crippen LogP contribution in [-0.2, 0) is 107 Å². The van der Waals surface area contributed by atoms with Crippen molar-refractivity contribution in [3.63, 3.8) is 0 Å². The first kappa shape index (κ1) is 103. The van der Waals surface area contributed by atoms with Crippen molar-refractivity contribution in [3.8, 4) is 0 Å². The van der Waals surface area contributed by atoms with E-state index in [1.54, 1.807) is 79.0 Å². The zero-order valence-corrected chi connectivity index (χ0v) is 75.7. The minimum Gasteiger partial charge on any atom is -0.481 e. The standard InChI is InChI=1S/C90H127ClN20O20/c1-7-9-23-69-82(123)100-62(39-50(3)4)78(119)96-36-17-21-58(94)77(118)102-64(40-51-28-30-54(91)31-29-51)88(129)109-37-16-15-26-70(109)83(124)104-66(44-74(95)113)89(130)110-38-18-27-71(110)84(125)105-67(45-93)81(122)99-61(32-33-75(114)115)87(128)111-48-55(112)43-73(111)85(126)101-63(41-52-46-97-59-22-13-11-19-56(52)59)80(121)98-60(34-35-92)79(120)103-65(86(127)107(6)72(24-10-8-2)90(131)106(69)5)42-53-47-108(49-76(116)117)68-25-14-12-20-57(53)68/h11-14,19-20,22,25,28-31,46-47,50,55,58,60-67,69-73,97,112H,7-10,15-18,21,23-24,26-27,32-45,48-49,92-94H2,1-6H3,(H2,95,113)(H,96,119)(H,98,121)(H,99,122)(H,100,123)(H,101,126)(H,102,118)(H,103,120)(H,104,124)(H,105,125)(H,114,115)(H,116,117)/t55-,58+,60+,61+,62+,63+,64+,65+,66+,67+,69+,70+,71+,72+,73+/m1/s1. The Labute approximate surface area is 764 Å². The number of benzene rings is 3. The van der Waals surface area contributed by atoms with Gasteiger partial charge in [-0.1, -0.05) is 114 Å². The molecule has 21 N–H and O–H groups in total. The van der Waals surface area contributed by atoms with Crippen LogP contribution in [0.2, 0.25) is 5.02 Å². The number of amides is 15. The zero-order chi connectivity index (χ0) is 95.6. The second-order valence-corrected chi connectivity index (χ2v) is 35.1. The molecule has 131 heavy (non-hydrogen) atoms. The Morgan fingerprint density at radius 3 is 1.70 bits per heavy atom. The molecule has 2 aromatic heterocycles. The van der Waals surface area contributed by atoms with Crippen LogP contribution in [0.3, 0.4) is 0 Å². The SMILES string of the molecule is CCCC[C@H]1C(=O)N(C)[C@@H](CCCC)C(=O)N[C@@H](CC(C)C)C(=O)NCCC[C@H](N)C(=O)N[C@@H](Cc2ccc(Cl)cc2)C(=O)N2CCCC[C@H]2C(=O)N[C@@H](CC(N)=O)C(=O)N2CCC[C@H]2C(=O)N[C@@H](CN)C(=O)N[C@@H](CCC(=O)O)C(=O)N2C[C@H](O)C[C@H]2C(=O)N[C@@H](Cc2c[nH]c3ccccc23)C(=O)N[C@@H](CCN)C(=O)N[C@@H](Cc2cn(CC(=O)O)c3ccccc23)C(=O)N1C. The summed E-state index contributed by atoms with van der Waals surface area (Å²) in [5.74, 6) is -16.3.